The van der Waals surface area contributed by atoms with Crippen LogP contribution in [0.1, 0.15) is 17.3 Å². The average molecular weight is 248 g/mol. The maximum Gasteiger partial charge on any atom is 0.296 e. The maximum atomic E-state index is 13.9. The van der Waals surface area contributed by atoms with Crippen LogP contribution in [0.3, 0.4) is 0 Å². The molecule has 4 nitrogen and oxygen atoms in total. The second-order valence-corrected chi connectivity index (χ2v) is 4.45. The van der Waals surface area contributed by atoms with Crippen LogP contribution in [0.5, 0.6) is 0 Å². The molecule has 1 amide bonds. The summed E-state index contributed by atoms with van der Waals surface area (Å²) in [5.41, 5.74) is 1.66. The van der Waals surface area contributed by atoms with Crippen molar-refractivity contribution in [2.24, 2.45) is 0 Å². The van der Waals surface area contributed by atoms with Crippen LogP contribution in [0, 0.1) is 5.82 Å². The van der Waals surface area contributed by atoms with Crippen LogP contribution in [-0.4, -0.2) is 25.3 Å². The van der Waals surface area contributed by atoms with Crippen molar-refractivity contribution < 1.29 is 14.0 Å². The van der Waals surface area contributed by atoms with Gasteiger partial charge >= 0.3 is 0 Å². The van der Waals surface area contributed by atoms with E-state index in [0.29, 0.717) is 17.9 Å². The average Bonchev–Trinajstić information content (AvgIpc) is 2.53. The van der Waals surface area contributed by atoms with Crippen molar-refractivity contribution in [1.82, 2.24) is 0 Å². The number of nitrogens with zero attached hydrogens (tertiary/aromatic N) is 1. The van der Waals surface area contributed by atoms with Crippen molar-refractivity contribution in [2.45, 2.75) is 6.92 Å². The Morgan fingerprint density at radius 3 is 2.72 bits per heavy atom. The van der Waals surface area contributed by atoms with Crippen LogP contribution in [0.4, 0.5) is 15.8 Å². The molecule has 0 fully saturated rings. The highest BCUT2D eigenvalue weighted by molar-refractivity contribution is 6.51. The summed E-state index contributed by atoms with van der Waals surface area (Å²) < 4.78 is 13.9. The second kappa shape index (κ2) is 4.25. The molecule has 0 aliphatic carbocycles. The second-order valence-electron chi connectivity index (χ2n) is 4.45. The number of halogens is 1. The summed E-state index contributed by atoms with van der Waals surface area (Å²) >= 11 is 0. The van der Waals surface area contributed by atoms with Crippen molar-refractivity contribution in [2.75, 3.05) is 23.8 Å². The van der Waals surface area contributed by atoms with E-state index in [4.69, 9.17) is 0 Å². The summed E-state index contributed by atoms with van der Waals surface area (Å²) in [5, 5.41) is 2.42. The van der Waals surface area contributed by atoms with E-state index in [1.54, 1.807) is 11.9 Å². The molecule has 94 valence electrons. The molecule has 1 heterocycles. The molecule has 18 heavy (non-hydrogen) atoms. The van der Waals surface area contributed by atoms with E-state index in [1.165, 1.54) is 6.07 Å². The Hall–Kier alpha value is -2.17. The van der Waals surface area contributed by atoms with Crippen molar-refractivity contribution >= 4 is 23.1 Å². The number of amides is 1. The van der Waals surface area contributed by atoms with Crippen molar-refractivity contribution in [3.05, 3.63) is 35.7 Å². The molecule has 0 spiro atoms. The van der Waals surface area contributed by atoms with E-state index in [1.807, 2.05) is 6.92 Å². The number of ketones is 1. The molecule has 1 aliphatic heterocycles. The van der Waals surface area contributed by atoms with E-state index in [2.05, 4.69) is 11.9 Å². The predicted molar refractivity (Wildman–Crippen MR) is 67.4 cm³/mol. The lowest BCUT2D eigenvalue weighted by atomic mass is 10.1. The van der Waals surface area contributed by atoms with Gasteiger partial charge in [0, 0.05) is 13.6 Å². The zero-order valence-corrected chi connectivity index (χ0v) is 10.2. The summed E-state index contributed by atoms with van der Waals surface area (Å²) in [6.45, 7) is 6.10. The fourth-order valence-electron chi connectivity index (χ4n) is 1.94. The van der Waals surface area contributed by atoms with E-state index in [0.717, 1.165) is 11.6 Å². The Morgan fingerprint density at radius 1 is 1.44 bits per heavy atom. The molecule has 2 rings (SSSR count). The number of nitrogens with one attached hydrogen (secondary N) is 1. The summed E-state index contributed by atoms with van der Waals surface area (Å²) in [4.78, 5) is 24.3. The van der Waals surface area contributed by atoms with Crippen molar-refractivity contribution in [3.8, 4) is 0 Å². The molecule has 1 aromatic rings. The molecule has 0 saturated heterocycles. The first-order valence-electron chi connectivity index (χ1n) is 5.45. The highest BCUT2D eigenvalue weighted by Crippen LogP contribution is 2.30. The van der Waals surface area contributed by atoms with Crippen LogP contribution in [0.15, 0.2) is 24.3 Å². The summed E-state index contributed by atoms with van der Waals surface area (Å²) in [5.74, 6) is -1.94. The maximum absolute atomic E-state index is 13.9. The number of anilines is 2. The van der Waals surface area contributed by atoms with E-state index < -0.39 is 17.5 Å². The Kier molecular flexibility index (Phi) is 2.90. The fraction of sp³-hybridized carbons (Fsp3) is 0.231. The van der Waals surface area contributed by atoms with Gasteiger partial charge in [-0.25, -0.2) is 4.39 Å². The van der Waals surface area contributed by atoms with E-state index in [9.17, 15) is 14.0 Å². The Bertz CT molecular complexity index is 566. The molecule has 0 atom stereocenters. The number of rotatable bonds is 3. The third-order valence-electron chi connectivity index (χ3n) is 2.70. The number of benzene rings is 1. The number of Topliss-reactive ketones (excluding diaryl/α,β-unsaturated/α-hetero) is 1. The monoisotopic (exact) mass is 248 g/mol. The minimum absolute atomic E-state index is 0.0879. The van der Waals surface area contributed by atoms with Crippen LogP contribution in [-0.2, 0) is 4.79 Å². The first-order chi connectivity index (χ1) is 8.40. The zero-order chi connectivity index (χ0) is 13.4. The Morgan fingerprint density at radius 2 is 2.11 bits per heavy atom. The number of carbonyl (C=O) groups is 2. The van der Waals surface area contributed by atoms with Gasteiger partial charge in [0.2, 0.25) is 0 Å². The molecule has 1 N–H and O–H groups in total. The minimum Gasteiger partial charge on any atom is -0.368 e. The van der Waals surface area contributed by atoms with E-state index in [-0.39, 0.29) is 5.56 Å². The van der Waals surface area contributed by atoms with Crippen LogP contribution in [0.2, 0.25) is 0 Å². The highest BCUT2D eigenvalue weighted by atomic mass is 19.1. The quantitative estimate of drug-likeness (QED) is 0.657. The lowest BCUT2D eigenvalue weighted by Gasteiger charge is -2.20. The number of carbonyl (C=O) groups excluding carboxylic acids is 2. The molecule has 0 unspecified atom stereocenters. The van der Waals surface area contributed by atoms with Gasteiger partial charge in [-0.2, -0.15) is 0 Å². The highest BCUT2D eigenvalue weighted by Gasteiger charge is 2.29. The number of likely N-dealkylation sites (N-methyl/N-ethyl adjacent to an activating group) is 1. The van der Waals surface area contributed by atoms with Gasteiger partial charge < -0.3 is 10.2 Å². The van der Waals surface area contributed by atoms with Gasteiger partial charge in [0.15, 0.2) is 0 Å². The Labute approximate surface area is 104 Å². The van der Waals surface area contributed by atoms with Gasteiger partial charge in [-0.05, 0) is 19.1 Å². The van der Waals surface area contributed by atoms with Gasteiger partial charge in [-0.15, -0.1) is 0 Å². The number of hydrogen-bond acceptors (Lipinski definition) is 3. The zero-order valence-electron chi connectivity index (χ0n) is 10.2. The molecule has 0 radical (unpaired) electrons. The summed E-state index contributed by atoms with van der Waals surface area (Å²) in [6, 6.07) is 2.57. The van der Waals surface area contributed by atoms with Crippen LogP contribution >= 0.6 is 0 Å². The SMILES string of the molecule is C=C(C)CN(C)c1cc2c(cc1F)C(=O)C(=O)N2. The van der Waals surface area contributed by atoms with Gasteiger partial charge in [0.25, 0.3) is 11.7 Å². The van der Waals surface area contributed by atoms with E-state index >= 15 is 0 Å². The van der Waals surface area contributed by atoms with Gasteiger partial charge in [0.05, 0.1) is 16.9 Å². The van der Waals surface area contributed by atoms with Gasteiger partial charge in [0.1, 0.15) is 5.82 Å². The Balaban J connectivity index is 2.41. The van der Waals surface area contributed by atoms with Crippen molar-refractivity contribution in [3.63, 3.8) is 0 Å². The predicted octanol–water partition coefficient (Wildman–Crippen LogP) is 1.97. The van der Waals surface area contributed by atoms with Gasteiger partial charge in [-0.1, -0.05) is 12.2 Å². The lowest BCUT2D eigenvalue weighted by molar-refractivity contribution is -0.112. The smallest absolute Gasteiger partial charge is 0.296 e. The molecule has 1 aliphatic rings. The fourth-order valence-corrected chi connectivity index (χ4v) is 1.94. The number of hydrogen-bond donors (Lipinski definition) is 1. The van der Waals surface area contributed by atoms with Crippen LogP contribution in [0.25, 0.3) is 0 Å². The first-order valence-corrected chi connectivity index (χ1v) is 5.45. The lowest BCUT2D eigenvalue weighted by Crippen LogP contribution is -2.20. The summed E-state index contributed by atoms with van der Waals surface area (Å²) in [7, 11) is 1.72. The molecule has 0 bridgehead atoms. The molecule has 0 aromatic heterocycles. The molecule has 5 heteroatoms. The topological polar surface area (TPSA) is 49.4 Å². The molecule has 1 aromatic carbocycles. The van der Waals surface area contributed by atoms with Gasteiger partial charge in [-0.3, -0.25) is 9.59 Å². The molecular weight excluding hydrogens is 235 g/mol. The first kappa shape index (κ1) is 12.3. The summed E-state index contributed by atoms with van der Waals surface area (Å²) in [6.07, 6.45) is 0. The third-order valence-corrected chi connectivity index (χ3v) is 2.70. The third kappa shape index (κ3) is 1.99. The molecular formula is C13H13FN2O2. The number of fused-ring (bicyclic) bond motifs is 1. The minimum atomic E-state index is -0.718. The standard InChI is InChI=1S/C13H13FN2O2/c1-7(2)6-16(3)11-5-10-8(4-9(11)14)12(17)13(18)15-10/h4-5H,1,6H2,2-3H3,(H,15,17,18). The van der Waals surface area contributed by atoms with Crippen LogP contribution < -0.4 is 10.2 Å². The van der Waals surface area contributed by atoms with Crippen molar-refractivity contribution in [1.29, 1.82) is 0 Å². The molecule has 0 saturated carbocycles. The largest absolute Gasteiger partial charge is 0.368 e. The normalized spacial score (nSPS) is 13.3.